The molecule has 0 atom stereocenters. The number of carboxylic acids is 1. The molecule has 0 heterocycles. The van der Waals surface area contributed by atoms with Crippen LogP contribution >= 0.6 is 0 Å². The Morgan fingerprint density at radius 2 is 1.82 bits per heavy atom. The van der Waals surface area contributed by atoms with Gasteiger partial charge in [0.15, 0.2) is 5.78 Å². The molecule has 0 unspecified atom stereocenters. The molecule has 0 amide bonds. The minimum atomic E-state index is -3.87. The fraction of sp³-hybridized carbons (Fsp3) is 0.111. The van der Waals surface area contributed by atoms with Gasteiger partial charge < -0.3 is 5.11 Å². The van der Waals surface area contributed by atoms with E-state index in [0.717, 1.165) is 0 Å². The average molecular weight is 404 g/mol. The third-order valence-corrected chi connectivity index (χ3v) is 5.07. The highest BCUT2D eigenvalue weighted by atomic mass is 32.2. The normalized spacial score (nSPS) is 11.4. The van der Waals surface area contributed by atoms with E-state index < -0.39 is 26.7 Å². The molecule has 0 aromatic heterocycles. The second kappa shape index (κ2) is 9.02. The van der Waals surface area contributed by atoms with Crippen molar-refractivity contribution in [3.05, 3.63) is 75.8 Å². The van der Waals surface area contributed by atoms with Crippen molar-refractivity contribution in [3.8, 4) is 0 Å². The summed E-state index contributed by atoms with van der Waals surface area (Å²) in [6.07, 6.45) is 2.30. The van der Waals surface area contributed by atoms with Crippen LogP contribution in [0.15, 0.2) is 59.5 Å². The van der Waals surface area contributed by atoms with Crippen molar-refractivity contribution < 1.29 is 28.0 Å². The Morgan fingerprint density at radius 1 is 1.14 bits per heavy atom. The zero-order valence-corrected chi connectivity index (χ0v) is 15.3. The molecule has 2 aromatic carbocycles. The highest BCUT2D eigenvalue weighted by Crippen LogP contribution is 2.15. The number of non-ortho nitro benzene ring substituents is 1. The molecule has 146 valence electrons. The predicted octanol–water partition coefficient (Wildman–Crippen LogP) is 2.24. The lowest BCUT2D eigenvalue weighted by molar-refractivity contribution is -0.384. The summed E-state index contributed by atoms with van der Waals surface area (Å²) in [4.78, 5) is 32.8. The van der Waals surface area contributed by atoms with Gasteiger partial charge in [-0.25, -0.2) is 13.1 Å². The lowest BCUT2D eigenvalue weighted by Gasteiger charge is -2.06. The van der Waals surface area contributed by atoms with Crippen molar-refractivity contribution in [1.29, 1.82) is 0 Å². The first-order chi connectivity index (χ1) is 13.2. The van der Waals surface area contributed by atoms with Crippen LogP contribution in [0.3, 0.4) is 0 Å². The van der Waals surface area contributed by atoms with Crippen LogP contribution in [0.25, 0.3) is 6.08 Å². The zero-order chi connectivity index (χ0) is 20.7. The van der Waals surface area contributed by atoms with Crippen molar-refractivity contribution in [2.75, 3.05) is 6.54 Å². The van der Waals surface area contributed by atoms with Gasteiger partial charge in [-0.3, -0.25) is 19.7 Å². The molecule has 0 saturated carbocycles. The molecule has 10 heteroatoms. The Hall–Kier alpha value is -3.37. The number of hydrogen-bond acceptors (Lipinski definition) is 6. The highest BCUT2D eigenvalue weighted by molar-refractivity contribution is 7.89. The summed E-state index contributed by atoms with van der Waals surface area (Å²) in [5.41, 5.74) is 0.607. The summed E-state index contributed by atoms with van der Waals surface area (Å²) in [6, 6.07) is 10.9. The smallest absolute Gasteiger partial charge is 0.304 e. The quantitative estimate of drug-likeness (QED) is 0.282. The lowest BCUT2D eigenvalue weighted by Crippen LogP contribution is -2.26. The molecule has 0 fully saturated rings. The number of aliphatic carboxylic acids is 1. The third-order valence-electron chi connectivity index (χ3n) is 3.59. The van der Waals surface area contributed by atoms with Crippen LogP contribution in [0.5, 0.6) is 0 Å². The van der Waals surface area contributed by atoms with Crippen molar-refractivity contribution in [2.24, 2.45) is 0 Å². The van der Waals surface area contributed by atoms with Gasteiger partial charge in [0.2, 0.25) is 10.0 Å². The summed E-state index contributed by atoms with van der Waals surface area (Å²) in [5, 5.41) is 19.3. The Bertz CT molecular complexity index is 1030. The Kier molecular flexibility index (Phi) is 6.74. The first-order valence-corrected chi connectivity index (χ1v) is 9.46. The van der Waals surface area contributed by atoms with Gasteiger partial charge in [-0.1, -0.05) is 18.2 Å². The first kappa shape index (κ1) is 20.9. The summed E-state index contributed by atoms with van der Waals surface area (Å²) in [7, 11) is -3.87. The zero-order valence-electron chi connectivity index (χ0n) is 14.4. The number of carbonyl (C=O) groups is 2. The predicted molar refractivity (Wildman–Crippen MR) is 100 cm³/mol. The minimum absolute atomic E-state index is 0.0976. The van der Waals surface area contributed by atoms with Gasteiger partial charge in [0.25, 0.3) is 5.69 Å². The van der Waals surface area contributed by atoms with E-state index in [1.165, 1.54) is 54.6 Å². The van der Waals surface area contributed by atoms with Crippen LogP contribution in [0.1, 0.15) is 22.3 Å². The number of allylic oxidation sites excluding steroid dienone is 1. The Morgan fingerprint density at radius 3 is 2.43 bits per heavy atom. The van der Waals surface area contributed by atoms with E-state index in [0.29, 0.717) is 5.56 Å². The second-order valence-electron chi connectivity index (χ2n) is 5.62. The fourth-order valence-electron chi connectivity index (χ4n) is 2.18. The monoisotopic (exact) mass is 404 g/mol. The number of carbonyl (C=O) groups excluding carboxylic acids is 1. The molecule has 0 radical (unpaired) electrons. The highest BCUT2D eigenvalue weighted by Gasteiger charge is 2.14. The van der Waals surface area contributed by atoms with E-state index in [1.54, 1.807) is 6.07 Å². The number of nitro benzene ring substituents is 1. The molecule has 0 aliphatic heterocycles. The number of ketones is 1. The van der Waals surface area contributed by atoms with Gasteiger partial charge in [0.05, 0.1) is 16.2 Å². The van der Waals surface area contributed by atoms with E-state index in [1.807, 2.05) is 0 Å². The summed E-state index contributed by atoms with van der Waals surface area (Å²) >= 11 is 0. The van der Waals surface area contributed by atoms with Crippen LogP contribution in [0.4, 0.5) is 5.69 Å². The third kappa shape index (κ3) is 5.83. The second-order valence-corrected chi connectivity index (χ2v) is 7.38. The maximum Gasteiger partial charge on any atom is 0.304 e. The van der Waals surface area contributed by atoms with Crippen LogP contribution < -0.4 is 4.72 Å². The van der Waals surface area contributed by atoms with Gasteiger partial charge in [-0.05, 0) is 35.9 Å². The molecule has 0 bridgehead atoms. The largest absolute Gasteiger partial charge is 0.481 e. The molecule has 9 nitrogen and oxygen atoms in total. The van der Waals surface area contributed by atoms with Crippen LogP contribution in [-0.2, 0) is 14.8 Å². The maximum absolute atomic E-state index is 12.2. The van der Waals surface area contributed by atoms with E-state index >= 15 is 0 Å². The minimum Gasteiger partial charge on any atom is -0.481 e. The number of rotatable bonds is 9. The number of hydrogen-bond donors (Lipinski definition) is 2. The Labute approximate surface area is 160 Å². The standard InChI is InChI=1S/C18H16N2O7S/c21-17(9-4-13-2-1-3-15(12-13)20(24)25)14-5-7-16(8-6-14)28(26,27)19-11-10-18(22)23/h1-9,12,19H,10-11H2,(H,22,23)/b9-4-. The van der Waals surface area contributed by atoms with E-state index in [-0.39, 0.29) is 29.1 Å². The van der Waals surface area contributed by atoms with Crippen molar-refractivity contribution in [3.63, 3.8) is 0 Å². The van der Waals surface area contributed by atoms with Crippen LogP contribution in [0.2, 0.25) is 0 Å². The molecule has 2 aromatic rings. The van der Waals surface area contributed by atoms with Crippen LogP contribution in [0, 0.1) is 10.1 Å². The molecule has 0 aliphatic rings. The molecule has 0 aliphatic carbocycles. The summed E-state index contributed by atoms with van der Waals surface area (Å²) < 4.78 is 26.2. The van der Waals surface area contributed by atoms with E-state index in [9.17, 15) is 28.1 Å². The van der Waals surface area contributed by atoms with Gasteiger partial charge in [0.1, 0.15) is 0 Å². The van der Waals surface area contributed by atoms with Crippen molar-refractivity contribution in [2.45, 2.75) is 11.3 Å². The van der Waals surface area contributed by atoms with Gasteiger partial charge in [-0.15, -0.1) is 0 Å². The van der Waals surface area contributed by atoms with Crippen molar-refractivity contribution in [1.82, 2.24) is 4.72 Å². The van der Waals surface area contributed by atoms with Gasteiger partial charge in [0, 0.05) is 24.2 Å². The van der Waals surface area contributed by atoms with Crippen molar-refractivity contribution >= 4 is 33.5 Å². The first-order valence-electron chi connectivity index (χ1n) is 7.97. The summed E-state index contributed by atoms with van der Waals surface area (Å²) in [5.74, 6) is -1.53. The number of nitrogens with one attached hydrogen (secondary N) is 1. The molecule has 28 heavy (non-hydrogen) atoms. The number of nitrogens with zero attached hydrogens (tertiary/aromatic N) is 1. The van der Waals surface area contributed by atoms with Crippen LogP contribution in [-0.4, -0.2) is 36.7 Å². The molecular formula is C18H16N2O7S. The molecule has 0 spiro atoms. The topological polar surface area (TPSA) is 144 Å². The number of carboxylic acid groups (broad SMARTS) is 1. The molecular weight excluding hydrogens is 388 g/mol. The number of nitro groups is 1. The van der Waals surface area contributed by atoms with E-state index in [4.69, 9.17) is 5.11 Å². The van der Waals surface area contributed by atoms with Gasteiger partial charge >= 0.3 is 5.97 Å². The summed E-state index contributed by atoms with van der Waals surface area (Å²) in [6.45, 7) is -0.246. The van der Waals surface area contributed by atoms with E-state index in [2.05, 4.69) is 4.72 Å². The molecule has 2 N–H and O–H groups in total. The van der Waals surface area contributed by atoms with Gasteiger partial charge in [-0.2, -0.15) is 0 Å². The Balaban J connectivity index is 2.08. The number of sulfonamides is 1. The SMILES string of the molecule is O=C(O)CCNS(=O)(=O)c1ccc(C(=O)/C=C\c2cccc([N+](=O)[O-])c2)cc1. The lowest BCUT2D eigenvalue weighted by atomic mass is 10.1. The fourth-order valence-corrected chi connectivity index (χ4v) is 3.22. The maximum atomic E-state index is 12.2. The molecule has 2 rings (SSSR count). The molecule has 0 saturated heterocycles. The average Bonchev–Trinajstić information content (AvgIpc) is 2.66. The number of benzene rings is 2.